The molecule has 3 fully saturated rings. The van der Waals surface area contributed by atoms with E-state index in [9.17, 15) is 4.79 Å². The molecule has 1 aromatic heterocycles. The second-order valence-electron chi connectivity index (χ2n) is 8.16. The van der Waals surface area contributed by atoms with Crippen molar-refractivity contribution in [2.24, 2.45) is 23.5 Å². The van der Waals surface area contributed by atoms with Gasteiger partial charge >= 0.3 is 0 Å². The number of piperazine rings is 1. The van der Waals surface area contributed by atoms with Crippen molar-refractivity contribution < 1.29 is 4.79 Å². The Bertz CT molecular complexity index is 610. The Morgan fingerprint density at radius 2 is 1.75 bits per heavy atom. The molecule has 1 amide bonds. The van der Waals surface area contributed by atoms with E-state index in [1.807, 2.05) is 0 Å². The summed E-state index contributed by atoms with van der Waals surface area (Å²) in [5, 5.41) is 3.28. The molecule has 5 nitrogen and oxygen atoms in total. The van der Waals surface area contributed by atoms with Crippen molar-refractivity contribution >= 4 is 54.5 Å². The fourth-order valence-corrected chi connectivity index (χ4v) is 5.69. The first-order valence-corrected chi connectivity index (χ1v) is 10.7. The van der Waals surface area contributed by atoms with Gasteiger partial charge in [-0.15, -0.1) is 48.6 Å². The highest BCUT2D eigenvalue weighted by Crippen LogP contribution is 2.42. The molecule has 28 heavy (non-hydrogen) atoms. The van der Waals surface area contributed by atoms with E-state index in [1.165, 1.54) is 19.3 Å². The molecule has 1 aromatic rings. The number of nitrogens with zero attached hydrogens (tertiary/aromatic N) is 3. The van der Waals surface area contributed by atoms with Gasteiger partial charge < -0.3 is 10.6 Å². The number of carbonyl (C=O) groups excluding carboxylic acids is 1. The van der Waals surface area contributed by atoms with E-state index in [-0.39, 0.29) is 43.1 Å². The summed E-state index contributed by atoms with van der Waals surface area (Å²) in [7, 11) is 0. The van der Waals surface area contributed by atoms with Gasteiger partial charge in [-0.1, -0.05) is 6.42 Å². The van der Waals surface area contributed by atoms with E-state index in [0.717, 1.165) is 56.3 Å². The van der Waals surface area contributed by atoms with E-state index >= 15 is 0 Å². The Morgan fingerprint density at radius 3 is 2.29 bits per heavy atom. The van der Waals surface area contributed by atoms with Crippen LogP contribution in [0, 0.1) is 24.7 Å². The normalized spacial score (nSPS) is 29.9. The standard InChI is InChI=1S/C19H30N4OS.3ClH/c1-13-21-17(12-25-13)11-22-5-7-23(8-6-22)19(24)16-9-14-3-2-4-15(10-16)18(14)20;;;/h12,14-16,18H,2-11,20H2,1H3;3*1H. The fraction of sp³-hybridized carbons (Fsp3) is 0.789. The second kappa shape index (κ2) is 11.3. The molecule has 162 valence electrons. The summed E-state index contributed by atoms with van der Waals surface area (Å²) in [5.74, 6) is 1.78. The van der Waals surface area contributed by atoms with Gasteiger partial charge in [0.2, 0.25) is 5.91 Å². The van der Waals surface area contributed by atoms with Gasteiger partial charge in [0, 0.05) is 50.1 Å². The highest BCUT2D eigenvalue weighted by molar-refractivity contribution is 7.09. The molecule has 3 aliphatic rings. The summed E-state index contributed by atoms with van der Waals surface area (Å²) in [4.78, 5) is 22.1. The van der Waals surface area contributed by atoms with Gasteiger partial charge in [0.25, 0.3) is 0 Å². The zero-order valence-corrected chi connectivity index (χ0v) is 19.7. The molecule has 1 saturated heterocycles. The third kappa shape index (κ3) is 5.73. The molecule has 4 rings (SSSR count). The predicted octanol–water partition coefficient (Wildman–Crippen LogP) is 3.51. The Balaban J connectivity index is 0.00000131. The number of nitrogens with two attached hydrogens (primary N) is 1. The van der Waals surface area contributed by atoms with E-state index in [0.29, 0.717) is 23.8 Å². The predicted molar refractivity (Wildman–Crippen MR) is 122 cm³/mol. The zero-order valence-electron chi connectivity index (χ0n) is 16.4. The maximum absolute atomic E-state index is 13.0. The van der Waals surface area contributed by atoms with Crippen LogP contribution in [-0.2, 0) is 11.3 Å². The number of amides is 1. The molecular formula is C19H33Cl3N4OS. The molecule has 2 unspecified atom stereocenters. The zero-order chi connectivity index (χ0) is 17.4. The number of fused-ring (bicyclic) bond motifs is 2. The quantitative estimate of drug-likeness (QED) is 0.732. The van der Waals surface area contributed by atoms with Crippen LogP contribution in [-0.4, -0.2) is 52.9 Å². The molecule has 2 bridgehead atoms. The first-order valence-electron chi connectivity index (χ1n) is 9.78. The Kier molecular flexibility index (Phi) is 10.5. The van der Waals surface area contributed by atoms with Crippen LogP contribution in [0.3, 0.4) is 0 Å². The lowest BCUT2D eigenvalue weighted by molar-refractivity contribution is -0.140. The molecular weight excluding hydrogens is 439 g/mol. The number of hydrogen-bond acceptors (Lipinski definition) is 5. The minimum absolute atomic E-state index is 0. The maximum atomic E-state index is 13.0. The maximum Gasteiger partial charge on any atom is 0.225 e. The third-order valence-corrected chi connectivity index (χ3v) is 7.32. The first kappa shape index (κ1) is 25.9. The summed E-state index contributed by atoms with van der Waals surface area (Å²) in [6.07, 6.45) is 5.80. The number of rotatable bonds is 3. The van der Waals surface area contributed by atoms with Gasteiger partial charge in [0.05, 0.1) is 10.7 Å². The molecule has 9 heteroatoms. The molecule has 2 heterocycles. The molecule has 0 radical (unpaired) electrons. The van der Waals surface area contributed by atoms with Crippen LogP contribution in [0.25, 0.3) is 0 Å². The van der Waals surface area contributed by atoms with Crippen molar-refractivity contribution in [1.82, 2.24) is 14.8 Å². The fourth-order valence-electron chi connectivity index (χ4n) is 5.09. The van der Waals surface area contributed by atoms with Crippen molar-refractivity contribution in [2.75, 3.05) is 26.2 Å². The summed E-state index contributed by atoms with van der Waals surface area (Å²) in [6.45, 7) is 6.60. The molecule has 2 aliphatic carbocycles. The van der Waals surface area contributed by atoms with Crippen molar-refractivity contribution in [3.05, 3.63) is 16.1 Å². The van der Waals surface area contributed by atoms with Crippen molar-refractivity contribution in [1.29, 1.82) is 0 Å². The Labute approximate surface area is 191 Å². The minimum atomic E-state index is 0. The van der Waals surface area contributed by atoms with Crippen LogP contribution >= 0.6 is 48.6 Å². The van der Waals surface area contributed by atoms with Gasteiger partial charge in [-0.2, -0.15) is 0 Å². The summed E-state index contributed by atoms with van der Waals surface area (Å²) in [6, 6.07) is 0.344. The SMILES string of the molecule is Cc1nc(CN2CCN(C(=O)C3CC4CCCC(C3)C4N)CC2)cs1.Cl.Cl.Cl. The smallest absolute Gasteiger partial charge is 0.225 e. The van der Waals surface area contributed by atoms with E-state index in [4.69, 9.17) is 5.73 Å². The minimum Gasteiger partial charge on any atom is -0.340 e. The van der Waals surface area contributed by atoms with Gasteiger partial charge in [-0.25, -0.2) is 4.98 Å². The molecule has 0 aromatic carbocycles. The molecule has 1 aliphatic heterocycles. The van der Waals surface area contributed by atoms with E-state index < -0.39 is 0 Å². The lowest BCUT2D eigenvalue weighted by Crippen LogP contribution is -2.53. The largest absolute Gasteiger partial charge is 0.340 e. The van der Waals surface area contributed by atoms with Crippen LogP contribution in [0.2, 0.25) is 0 Å². The van der Waals surface area contributed by atoms with Crippen molar-refractivity contribution in [2.45, 2.75) is 51.6 Å². The average molecular weight is 472 g/mol. The monoisotopic (exact) mass is 470 g/mol. The number of thiazole rings is 1. The lowest BCUT2D eigenvalue weighted by atomic mass is 9.65. The number of aromatic nitrogens is 1. The highest BCUT2D eigenvalue weighted by atomic mass is 35.5. The lowest BCUT2D eigenvalue weighted by Gasteiger charge is -2.45. The van der Waals surface area contributed by atoms with Crippen molar-refractivity contribution in [3.8, 4) is 0 Å². The van der Waals surface area contributed by atoms with Gasteiger partial charge in [-0.05, 0) is 44.4 Å². The number of hydrogen-bond donors (Lipinski definition) is 1. The van der Waals surface area contributed by atoms with Crippen LogP contribution in [0.4, 0.5) is 0 Å². The highest BCUT2D eigenvalue weighted by Gasteiger charge is 2.41. The van der Waals surface area contributed by atoms with Crippen LogP contribution in [0.5, 0.6) is 0 Å². The Morgan fingerprint density at radius 1 is 1.14 bits per heavy atom. The number of carbonyl (C=O) groups is 1. The summed E-state index contributed by atoms with van der Waals surface area (Å²) < 4.78 is 0. The van der Waals surface area contributed by atoms with Gasteiger partial charge in [0.15, 0.2) is 0 Å². The molecule has 2 N–H and O–H groups in total. The second-order valence-corrected chi connectivity index (χ2v) is 9.22. The van der Waals surface area contributed by atoms with Crippen molar-refractivity contribution in [3.63, 3.8) is 0 Å². The third-order valence-electron chi connectivity index (χ3n) is 6.50. The molecule has 2 atom stereocenters. The average Bonchev–Trinajstić information content (AvgIpc) is 2.99. The van der Waals surface area contributed by atoms with E-state index in [1.54, 1.807) is 11.3 Å². The summed E-state index contributed by atoms with van der Waals surface area (Å²) in [5.41, 5.74) is 7.54. The molecule has 0 spiro atoms. The van der Waals surface area contributed by atoms with E-state index in [2.05, 4.69) is 27.1 Å². The van der Waals surface area contributed by atoms with Gasteiger partial charge in [0.1, 0.15) is 0 Å². The first-order chi connectivity index (χ1) is 12.1. The number of halogens is 3. The van der Waals surface area contributed by atoms with Crippen LogP contribution in [0.15, 0.2) is 5.38 Å². The van der Waals surface area contributed by atoms with Gasteiger partial charge in [-0.3, -0.25) is 9.69 Å². The number of aryl methyl sites for hydroxylation is 1. The van der Waals surface area contributed by atoms with Crippen LogP contribution < -0.4 is 5.73 Å². The summed E-state index contributed by atoms with van der Waals surface area (Å²) >= 11 is 1.71. The van der Waals surface area contributed by atoms with Crippen LogP contribution in [0.1, 0.15) is 42.8 Å². The topological polar surface area (TPSA) is 62.5 Å². The molecule has 2 saturated carbocycles. The Hall–Kier alpha value is -0.110.